The molecule has 1 saturated heterocycles. The second-order valence-electron chi connectivity index (χ2n) is 9.42. The summed E-state index contributed by atoms with van der Waals surface area (Å²) in [6.45, 7) is 6.11. The Labute approximate surface area is 217 Å². The minimum atomic E-state index is -0.861. The number of cyclic esters (lactones) is 1. The normalized spacial score (nSPS) is 17.7. The van der Waals surface area contributed by atoms with Crippen molar-refractivity contribution < 1.29 is 19.1 Å². The second-order valence-corrected chi connectivity index (χ2v) is 9.42. The lowest BCUT2D eigenvalue weighted by Gasteiger charge is -2.26. The van der Waals surface area contributed by atoms with E-state index in [0.717, 1.165) is 23.1 Å². The van der Waals surface area contributed by atoms with Gasteiger partial charge in [0.05, 0.1) is 12.6 Å². The molecule has 1 aliphatic heterocycles. The van der Waals surface area contributed by atoms with Crippen LogP contribution in [-0.2, 0) is 20.9 Å². The zero-order valence-corrected chi connectivity index (χ0v) is 21.4. The number of benzene rings is 3. The van der Waals surface area contributed by atoms with Gasteiger partial charge in [-0.15, -0.1) is 0 Å². The van der Waals surface area contributed by atoms with Crippen LogP contribution >= 0.6 is 0 Å². The van der Waals surface area contributed by atoms with E-state index >= 15 is 0 Å². The minimum Gasteiger partial charge on any atom is -0.438 e. The molecule has 0 radical (unpaired) electrons. The van der Waals surface area contributed by atoms with E-state index in [0.29, 0.717) is 17.7 Å². The van der Waals surface area contributed by atoms with Crippen LogP contribution < -0.4 is 10.6 Å². The van der Waals surface area contributed by atoms with Gasteiger partial charge >= 0.3 is 6.09 Å². The first kappa shape index (κ1) is 25.9. The average Bonchev–Trinajstić information content (AvgIpc) is 3.22. The molecule has 0 aromatic heterocycles. The summed E-state index contributed by atoms with van der Waals surface area (Å²) in [4.78, 5) is 40.1. The van der Waals surface area contributed by atoms with Crippen molar-refractivity contribution >= 4 is 23.6 Å². The molecular weight excluding hydrogens is 466 g/mol. The van der Waals surface area contributed by atoms with Crippen molar-refractivity contribution in [3.63, 3.8) is 0 Å². The van der Waals surface area contributed by atoms with E-state index in [1.54, 1.807) is 24.3 Å². The van der Waals surface area contributed by atoms with Crippen molar-refractivity contribution in [2.24, 2.45) is 0 Å². The summed E-state index contributed by atoms with van der Waals surface area (Å²) in [5.41, 5.74) is 4.33. The van der Waals surface area contributed by atoms with Crippen LogP contribution in [0, 0.1) is 6.92 Å². The van der Waals surface area contributed by atoms with E-state index < -0.39 is 18.2 Å². The van der Waals surface area contributed by atoms with Crippen LogP contribution in [0.1, 0.15) is 61.1 Å². The SMILES string of the molecule is CCCC(=O)Nc1ccc([C@@H]2OC(=O)N(Cc3ccc(C)cc3)[C@@H]2C(=O)N[C@H](C)c2ccccc2)cc1. The van der Waals surface area contributed by atoms with Gasteiger partial charge in [0.15, 0.2) is 12.1 Å². The molecule has 4 rings (SSSR count). The molecule has 0 bridgehead atoms. The van der Waals surface area contributed by atoms with Crippen LogP contribution in [0.3, 0.4) is 0 Å². The minimum absolute atomic E-state index is 0.0565. The van der Waals surface area contributed by atoms with Gasteiger partial charge in [-0.2, -0.15) is 0 Å². The molecule has 7 nitrogen and oxygen atoms in total. The second kappa shape index (κ2) is 11.7. The molecule has 37 heavy (non-hydrogen) atoms. The Morgan fingerprint density at radius 3 is 2.30 bits per heavy atom. The Bertz CT molecular complexity index is 1230. The molecule has 1 fully saturated rings. The average molecular weight is 500 g/mol. The summed E-state index contributed by atoms with van der Waals surface area (Å²) in [6, 6.07) is 23.5. The first-order valence-electron chi connectivity index (χ1n) is 12.6. The van der Waals surface area contributed by atoms with Crippen LogP contribution in [0.4, 0.5) is 10.5 Å². The Morgan fingerprint density at radius 2 is 1.65 bits per heavy atom. The fraction of sp³-hybridized carbons (Fsp3) is 0.300. The molecule has 0 aliphatic carbocycles. The third-order valence-electron chi connectivity index (χ3n) is 6.49. The topological polar surface area (TPSA) is 87.7 Å². The summed E-state index contributed by atoms with van der Waals surface area (Å²) >= 11 is 0. The molecule has 7 heteroatoms. The monoisotopic (exact) mass is 499 g/mol. The molecule has 2 N–H and O–H groups in total. The van der Waals surface area contributed by atoms with E-state index in [4.69, 9.17) is 4.74 Å². The largest absolute Gasteiger partial charge is 0.438 e. The highest BCUT2D eigenvalue weighted by molar-refractivity contribution is 5.91. The fourth-order valence-corrected chi connectivity index (χ4v) is 4.43. The first-order valence-corrected chi connectivity index (χ1v) is 12.6. The van der Waals surface area contributed by atoms with Crippen LogP contribution in [-0.4, -0.2) is 28.8 Å². The Morgan fingerprint density at radius 1 is 0.973 bits per heavy atom. The molecule has 0 unspecified atom stereocenters. The molecule has 1 heterocycles. The van der Waals surface area contributed by atoms with Gasteiger partial charge in [0.25, 0.3) is 0 Å². The summed E-state index contributed by atoms with van der Waals surface area (Å²) in [5.74, 6) is -0.349. The number of anilines is 1. The van der Waals surface area contributed by atoms with Crippen molar-refractivity contribution in [2.45, 2.75) is 58.3 Å². The van der Waals surface area contributed by atoms with Crippen molar-refractivity contribution in [2.75, 3.05) is 5.32 Å². The first-order chi connectivity index (χ1) is 17.9. The highest BCUT2D eigenvalue weighted by atomic mass is 16.6. The fourth-order valence-electron chi connectivity index (χ4n) is 4.43. The van der Waals surface area contributed by atoms with Gasteiger partial charge in [-0.3, -0.25) is 14.5 Å². The summed E-state index contributed by atoms with van der Waals surface area (Å²) in [5, 5.41) is 5.92. The lowest BCUT2D eigenvalue weighted by molar-refractivity contribution is -0.127. The molecule has 1 aliphatic rings. The maximum atomic E-state index is 13.7. The molecule has 3 aromatic rings. The molecule has 0 spiro atoms. The smallest absolute Gasteiger partial charge is 0.411 e. The molecule has 3 atom stereocenters. The third-order valence-corrected chi connectivity index (χ3v) is 6.49. The zero-order chi connectivity index (χ0) is 26.4. The van der Waals surface area contributed by atoms with E-state index in [1.807, 2.05) is 75.4 Å². The highest BCUT2D eigenvalue weighted by Crippen LogP contribution is 2.35. The predicted molar refractivity (Wildman–Crippen MR) is 143 cm³/mol. The molecule has 3 aromatic carbocycles. The van der Waals surface area contributed by atoms with Gasteiger partial charge in [-0.25, -0.2) is 4.79 Å². The van der Waals surface area contributed by atoms with Crippen molar-refractivity contribution in [1.29, 1.82) is 0 Å². The van der Waals surface area contributed by atoms with Gasteiger partial charge in [0.1, 0.15) is 0 Å². The molecule has 3 amide bonds. The zero-order valence-electron chi connectivity index (χ0n) is 21.4. The van der Waals surface area contributed by atoms with Gasteiger partial charge in [-0.1, -0.05) is 79.2 Å². The lowest BCUT2D eigenvalue weighted by Crippen LogP contribution is -2.46. The Kier molecular flexibility index (Phi) is 8.23. The number of nitrogens with one attached hydrogen (secondary N) is 2. The maximum Gasteiger partial charge on any atom is 0.411 e. The molecule has 0 saturated carbocycles. The predicted octanol–water partition coefficient (Wildman–Crippen LogP) is 5.67. The lowest BCUT2D eigenvalue weighted by atomic mass is 9.99. The van der Waals surface area contributed by atoms with Crippen LogP contribution in [0.5, 0.6) is 0 Å². The van der Waals surface area contributed by atoms with Crippen molar-refractivity contribution in [3.05, 3.63) is 101 Å². The highest BCUT2D eigenvalue weighted by Gasteiger charge is 2.47. The van der Waals surface area contributed by atoms with Crippen LogP contribution in [0.25, 0.3) is 0 Å². The van der Waals surface area contributed by atoms with E-state index in [1.165, 1.54) is 4.90 Å². The van der Waals surface area contributed by atoms with Crippen LogP contribution in [0.15, 0.2) is 78.9 Å². The third kappa shape index (κ3) is 6.36. The van der Waals surface area contributed by atoms with Gasteiger partial charge in [0.2, 0.25) is 11.8 Å². The van der Waals surface area contributed by atoms with E-state index in [-0.39, 0.29) is 24.4 Å². The molecular formula is C30H33N3O4. The number of rotatable bonds is 9. The Hall–Kier alpha value is -4.13. The van der Waals surface area contributed by atoms with Crippen molar-refractivity contribution in [3.8, 4) is 0 Å². The number of ether oxygens (including phenoxy) is 1. The maximum absolute atomic E-state index is 13.7. The summed E-state index contributed by atoms with van der Waals surface area (Å²) < 4.78 is 5.78. The quantitative estimate of drug-likeness (QED) is 0.397. The van der Waals surface area contributed by atoms with E-state index in [9.17, 15) is 14.4 Å². The molecule has 192 valence electrons. The number of nitrogens with zero attached hydrogens (tertiary/aromatic N) is 1. The Balaban J connectivity index is 1.59. The standard InChI is InChI=1S/C30H33N3O4/c1-4-8-26(34)32-25-17-15-24(16-18-25)28-27(29(35)31-21(3)23-9-6-5-7-10-23)33(30(36)37-28)19-22-13-11-20(2)12-14-22/h5-7,9-18,21,27-28H,4,8,19H2,1-3H3,(H,31,35)(H,32,34)/t21-,27+,28+/m1/s1. The van der Waals surface area contributed by atoms with Crippen LogP contribution in [0.2, 0.25) is 0 Å². The number of hydrogen-bond donors (Lipinski definition) is 2. The van der Waals surface area contributed by atoms with Gasteiger partial charge in [-0.05, 0) is 49.1 Å². The summed E-state index contributed by atoms with van der Waals surface area (Å²) in [6.07, 6.45) is -0.130. The number of amides is 3. The number of carbonyl (C=O) groups excluding carboxylic acids is 3. The van der Waals surface area contributed by atoms with Crippen molar-refractivity contribution in [1.82, 2.24) is 10.2 Å². The van der Waals surface area contributed by atoms with Gasteiger partial charge < -0.3 is 15.4 Å². The number of hydrogen-bond acceptors (Lipinski definition) is 4. The van der Waals surface area contributed by atoms with E-state index in [2.05, 4.69) is 10.6 Å². The summed E-state index contributed by atoms with van der Waals surface area (Å²) in [7, 11) is 0. The number of carbonyl (C=O) groups is 3. The number of aryl methyl sites for hydroxylation is 1. The van der Waals surface area contributed by atoms with Gasteiger partial charge in [0, 0.05) is 12.1 Å².